The van der Waals surface area contributed by atoms with Crippen LogP contribution in [0.2, 0.25) is 5.02 Å². The van der Waals surface area contributed by atoms with Crippen LogP contribution in [-0.4, -0.2) is 24.8 Å². The molecule has 2 N–H and O–H groups in total. The highest BCUT2D eigenvalue weighted by Crippen LogP contribution is 2.32. The van der Waals surface area contributed by atoms with Crippen LogP contribution in [0, 0.1) is 0 Å². The summed E-state index contributed by atoms with van der Waals surface area (Å²) in [7, 11) is 0. The van der Waals surface area contributed by atoms with Gasteiger partial charge in [0.15, 0.2) is 0 Å². The molecule has 1 saturated heterocycles. The Kier molecular flexibility index (Phi) is 3.01. The number of halogens is 3. The fourth-order valence-corrected chi connectivity index (χ4v) is 1.77. The lowest BCUT2D eigenvalue weighted by molar-refractivity contribution is -0.0499. The van der Waals surface area contributed by atoms with E-state index in [1.165, 1.54) is 18.2 Å². The summed E-state index contributed by atoms with van der Waals surface area (Å²) < 4.78 is 28.1. The maximum atomic E-state index is 12.0. The molecule has 16 heavy (non-hydrogen) atoms. The molecule has 0 amide bonds. The minimum absolute atomic E-state index is 0.0677. The van der Waals surface area contributed by atoms with E-state index in [4.69, 9.17) is 11.6 Å². The van der Waals surface area contributed by atoms with Gasteiger partial charge in [0.05, 0.1) is 5.02 Å². The van der Waals surface area contributed by atoms with E-state index in [9.17, 15) is 13.9 Å². The zero-order valence-electron chi connectivity index (χ0n) is 8.21. The molecule has 0 unspecified atom stereocenters. The van der Waals surface area contributed by atoms with Crippen molar-refractivity contribution in [2.45, 2.75) is 12.2 Å². The van der Waals surface area contributed by atoms with Gasteiger partial charge in [-0.1, -0.05) is 17.7 Å². The van der Waals surface area contributed by atoms with E-state index in [-0.39, 0.29) is 10.8 Å². The largest absolute Gasteiger partial charge is 0.433 e. The number of β-amino-alcohol motifs (C(OH)–C–C–N with tert-alkyl or cyclic N) is 1. The van der Waals surface area contributed by atoms with Gasteiger partial charge in [0.25, 0.3) is 0 Å². The van der Waals surface area contributed by atoms with Gasteiger partial charge in [-0.3, -0.25) is 0 Å². The van der Waals surface area contributed by atoms with Crippen molar-refractivity contribution in [1.29, 1.82) is 0 Å². The highest BCUT2D eigenvalue weighted by Gasteiger charge is 2.36. The number of hydrogen-bond donors (Lipinski definition) is 2. The summed E-state index contributed by atoms with van der Waals surface area (Å²) in [6.07, 6.45) is 0. The lowest BCUT2D eigenvalue weighted by Gasteiger charge is -2.38. The van der Waals surface area contributed by atoms with Gasteiger partial charge in [0.2, 0.25) is 0 Å². The Morgan fingerprint density at radius 1 is 1.44 bits per heavy atom. The van der Waals surface area contributed by atoms with Gasteiger partial charge in [-0.05, 0) is 17.7 Å². The van der Waals surface area contributed by atoms with Crippen LogP contribution < -0.4 is 10.1 Å². The Morgan fingerprint density at radius 2 is 2.12 bits per heavy atom. The molecule has 1 aliphatic rings. The molecule has 0 saturated carbocycles. The van der Waals surface area contributed by atoms with Gasteiger partial charge in [-0.25, -0.2) is 0 Å². The van der Waals surface area contributed by atoms with Crippen LogP contribution in [0.3, 0.4) is 0 Å². The number of hydrogen-bond acceptors (Lipinski definition) is 3. The first-order chi connectivity index (χ1) is 7.51. The molecule has 88 valence electrons. The molecule has 1 heterocycles. The first-order valence-corrected chi connectivity index (χ1v) is 5.07. The molecule has 0 radical (unpaired) electrons. The lowest BCUT2D eigenvalue weighted by Crippen LogP contribution is -2.56. The highest BCUT2D eigenvalue weighted by atomic mass is 35.5. The summed E-state index contributed by atoms with van der Waals surface area (Å²) >= 11 is 5.77. The van der Waals surface area contributed by atoms with E-state index in [0.717, 1.165) is 0 Å². The molecule has 1 aromatic carbocycles. The molecule has 6 heteroatoms. The van der Waals surface area contributed by atoms with Gasteiger partial charge >= 0.3 is 6.61 Å². The minimum Gasteiger partial charge on any atom is -0.433 e. The molecular formula is C10H10ClF2NO2. The standard InChI is InChI=1S/C10H10ClF2NO2/c11-7-3-6(10(15)4-14-5-10)1-2-8(7)16-9(12)13/h1-3,9,14-15H,4-5H2. The number of nitrogens with one attached hydrogen (secondary N) is 1. The number of rotatable bonds is 3. The number of alkyl halides is 2. The Labute approximate surface area is 96.0 Å². The molecule has 1 fully saturated rings. The summed E-state index contributed by atoms with van der Waals surface area (Å²) in [5.74, 6) is -0.0868. The Balaban J connectivity index is 2.22. The molecule has 0 bridgehead atoms. The summed E-state index contributed by atoms with van der Waals surface area (Å²) in [4.78, 5) is 0. The van der Waals surface area contributed by atoms with Crippen LogP contribution in [-0.2, 0) is 5.60 Å². The first kappa shape index (κ1) is 11.6. The summed E-state index contributed by atoms with van der Waals surface area (Å²) in [6.45, 7) is -2.05. The Hall–Kier alpha value is -0.910. The van der Waals surface area contributed by atoms with E-state index >= 15 is 0 Å². The molecule has 0 spiro atoms. The van der Waals surface area contributed by atoms with Crippen LogP contribution in [0.1, 0.15) is 5.56 Å². The van der Waals surface area contributed by atoms with E-state index in [1.54, 1.807) is 0 Å². The first-order valence-electron chi connectivity index (χ1n) is 4.69. The second-order valence-corrected chi connectivity index (χ2v) is 4.07. The molecule has 1 aliphatic heterocycles. The van der Waals surface area contributed by atoms with Crippen LogP contribution in [0.5, 0.6) is 5.75 Å². The molecule has 1 aromatic rings. The molecule has 2 rings (SSSR count). The van der Waals surface area contributed by atoms with Crippen LogP contribution >= 0.6 is 11.6 Å². The molecule has 0 aromatic heterocycles. The van der Waals surface area contributed by atoms with E-state index in [1.807, 2.05) is 0 Å². The van der Waals surface area contributed by atoms with E-state index in [2.05, 4.69) is 10.1 Å². The third kappa shape index (κ3) is 2.11. The zero-order valence-corrected chi connectivity index (χ0v) is 8.97. The van der Waals surface area contributed by atoms with E-state index in [0.29, 0.717) is 18.7 Å². The fourth-order valence-electron chi connectivity index (χ4n) is 1.55. The smallest absolute Gasteiger partial charge is 0.387 e. The monoisotopic (exact) mass is 249 g/mol. The van der Waals surface area contributed by atoms with Crippen molar-refractivity contribution in [2.24, 2.45) is 0 Å². The topological polar surface area (TPSA) is 41.5 Å². The highest BCUT2D eigenvalue weighted by molar-refractivity contribution is 6.32. The third-order valence-corrected chi connectivity index (χ3v) is 2.82. The van der Waals surface area contributed by atoms with Crippen molar-refractivity contribution in [3.8, 4) is 5.75 Å². The fraction of sp³-hybridized carbons (Fsp3) is 0.400. The molecular weight excluding hydrogens is 240 g/mol. The Morgan fingerprint density at radius 3 is 2.56 bits per heavy atom. The van der Waals surface area contributed by atoms with Crippen LogP contribution in [0.25, 0.3) is 0 Å². The number of benzene rings is 1. The SMILES string of the molecule is OC1(c2ccc(OC(F)F)c(Cl)c2)CNC1. The molecule has 0 atom stereocenters. The quantitative estimate of drug-likeness (QED) is 0.857. The summed E-state index contributed by atoms with van der Waals surface area (Å²) in [5.41, 5.74) is -0.356. The number of ether oxygens (including phenoxy) is 1. The minimum atomic E-state index is -2.91. The van der Waals surface area contributed by atoms with Gasteiger partial charge in [0.1, 0.15) is 11.4 Å². The van der Waals surface area contributed by atoms with Crippen molar-refractivity contribution in [3.05, 3.63) is 28.8 Å². The molecule has 0 aliphatic carbocycles. The van der Waals surface area contributed by atoms with Gasteiger partial charge in [-0.2, -0.15) is 8.78 Å². The average Bonchev–Trinajstić information content (AvgIpc) is 2.17. The average molecular weight is 250 g/mol. The number of aliphatic hydroxyl groups is 1. The zero-order chi connectivity index (χ0) is 11.8. The van der Waals surface area contributed by atoms with Crippen molar-refractivity contribution in [1.82, 2.24) is 5.32 Å². The maximum Gasteiger partial charge on any atom is 0.387 e. The van der Waals surface area contributed by atoms with E-state index < -0.39 is 12.2 Å². The maximum absolute atomic E-state index is 12.0. The van der Waals surface area contributed by atoms with Crippen molar-refractivity contribution in [2.75, 3.05) is 13.1 Å². The summed E-state index contributed by atoms with van der Waals surface area (Å²) in [5, 5.41) is 13.0. The van der Waals surface area contributed by atoms with Gasteiger partial charge in [-0.15, -0.1) is 0 Å². The van der Waals surface area contributed by atoms with Crippen molar-refractivity contribution < 1.29 is 18.6 Å². The second-order valence-electron chi connectivity index (χ2n) is 3.66. The predicted molar refractivity (Wildman–Crippen MR) is 54.9 cm³/mol. The molecule has 3 nitrogen and oxygen atoms in total. The Bertz CT molecular complexity index is 396. The van der Waals surface area contributed by atoms with Gasteiger partial charge < -0.3 is 15.2 Å². The second kappa shape index (κ2) is 4.16. The van der Waals surface area contributed by atoms with Crippen LogP contribution in [0.15, 0.2) is 18.2 Å². The normalized spacial score (nSPS) is 18.3. The van der Waals surface area contributed by atoms with Crippen LogP contribution in [0.4, 0.5) is 8.78 Å². The van der Waals surface area contributed by atoms with Crippen molar-refractivity contribution in [3.63, 3.8) is 0 Å². The summed E-state index contributed by atoms with van der Waals surface area (Å²) in [6, 6.07) is 4.31. The predicted octanol–water partition coefficient (Wildman–Crippen LogP) is 1.73. The third-order valence-electron chi connectivity index (χ3n) is 2.52. The lowest BCUT2D eigenvalue weighted by atomic mass is 9.88. The van der Waals surface area contributed by atoms with Crippen molar-refractivity contribution >= 4 is 11.6 Å². The van der Waals surface area contributed by atoms with Gasteiger partial charge in [0, 0.05) is 13.1 Å².